The van der Waals surface area contributed by atoms with Crippen LogP contribution in [-0.4, -0.2) is 22.3 Å². The van der Waals surface area contributed by atoms with Crippen LogP contribution in [0.25, 0.3) is 11.1 Å². The van der Waals surface area contributed by atoms with E-state index in [1.165, 1.54) is 16.7 Å². The van der Waals surface area contributed by atoms with Crippen LogP contribution < -0.4 is 0 Å². The Morgan fingerprint density at radius 3 is 1.96 bits per heavy atom. The zero-order valence-corrected chi connectivity index (χ0v) is 16.1. The van der Waals surface area contributed by atoms with Gasteiger partial charge < -0.3 is 10.2 Å². The summed E-state index contributed by atoms with van der Waals surface area (Å²) in [5.74, 6) is -1.17. The van der Waals surface area contributed by atoms with Crippen molar-refractivity contribution in [2.75, 3.05) is 0 Å². The third-order valence-electron chi connectivity index (χ3n) is 5.43. The molecule has 3 heteroatoms. The Balaban J connectivity index is 1.75. The summed E-state index contributed by atoms with van der Waals surface area (Å²) in [5, 5.41) is 19.1. The van der Waals surface area contributed by atoms with Gasteiger partial charge in [0.15, 0.2) is 6.10 Å². The summed E-state index contributed by atoms with van der Waals surface area (Å²) >= 11 is 0. The molecule has 3 nitrogen and oxygen atoms in total. The molecule has 0 aliphatic carbocycles. The number of rotatable bonds is 8. The number of carbonyl (C=O) groups is 1. The Bertz CT molecular complexity index is 888. The maximum absolute atomic E-state index is 11.2. The quantitative estimate of drug-likeness (QED) is 0.578. The predicted molar refractivity (Wildman–Crippen MR) is 112 cm³/mol. The molecule has 3 rings (SSSR count). The molecule has 0 amide bonds. The van der Waals surface area contributed by atoms with Crippen molar-refractivity contribution >= 4 is 5.97 Å². The number of aliphatic hydroxyl groups is 1. The van der Waals surface area contributed by atoms with E-state index in [9.17, 15) is 9.90 Å². The number of benzene rings is 3. The van der Waals surface area contributed by atoms with Gasteiger partial charge in [-0.1, -0.05) is 91.9 Å². The van der Waals surface area contributed by atoms with Crippen LogP contribution in [-0.2, 0) is 16.6 Å². The van der Waals surface area contributed by atoms with Crippen LogP contribution in [0.15, 0.2) is 84.9 Å². The smallest absolute Gasteiger partial charge is 0.332 e. The minimum absolute atomic E-state index is 0.189. The van der Waals surface area contributed by atoms with Crippen LogP contribution in [0.5, 0.6) is 0 Å². The number of carboxylic acids is 1. The molecular formula is C25H26O3. The molecule has 0 spiro atoms. The number of aliphatic carboxylic acids is 1. The molecule has 0 heterocycles. The predicted octanol–water partition coefficient (Wildman–Crippen LogP) is 5.08. The lowest BCUT2D eigenvalue weighted by Gasteiger charge is -2.31. The second-order valence-electron chi connectivity index (χ2n) is 7.55. The van der Waals surface area contributed by atoms with E-state index in [1.807, 2.05) is 55.5 Å². The van der Waals surface area contributed by atoms with E-state index >= 15 is 0 Å². The van der Waals surface area contributed by atoms with Crippen molar-refractivity contribution in [3.8, 4) is 11.1 Å². The molecule has 0 saturated carbocycles. The average molecular weight is 374 g/mol. The summed E-state index contributed by atoms with van der Waals surface area (Å²) in [6.45, 7) is 2.03. The largest absolute Gasteiger partial charge is 0.479 e. The van der Waals surface area contributed by atoms with Crippen molar-refractivity contribution in [3.63, 3.8) is 0 Å². The first-order valence-corrected chi connectivity index (χ1v) is 9.59. The van der Waals surface area contributed by atoms with Crippen LogP contribution in [0.2, 0.25) is 0 Å². The molecular weight excluding hydrogens is 348 g/mol. The second kappa shape index (κ2) is 8.85. The Labute approximate surface area is 166 Å². The summed E-state index contributed by atoms with van der Waals surface area (Å²) in [6.07, 6.45) is 0.387. The van der Waals surface area contributed by atoms with Gasteiger partial charge >= 0.3 is 5.97 Å². The van der Waals surface area contributed by atoms with E-state index in [4.69, 9.17) is 5.11 Å². The van der Waals surface area contributed by atoms with E-state index in [0.717, 1.165) is 18.4 Å². The van der Waals surface area contributed by atoms with Crippen molar-refractivity contribution in [3.05, 3.63) is 96.1 Å². The van der Waals surface area contributed by atoms with Crippen LogP contribution in [0.3, 0.4) is 0 Å². The van der Waals surface area contributed by atoms with Crippen LogP contribution >= 0.6 is 0 Å². The van der Waals surface area contributed by atoms with Crippen LogP contribution in [0.4, 0.5) is 0 Å². The van der Waals surface area contributed by atoms with Gasteiger partial charge in [0.05, 0.1) is 0 Å². The average Bonchev–Trinajstić information content (AvgIpc) is 2.74. The van der Waals surface area contributed by atoms with Gasteiger partial charge in [0.1, 0.15) is 0 Å². The molecule has 2 atom stereocenters. The number of hydrogen-bond donors (Lipinski definition) is 2. The van der Waals surface area contributed by atoms with Gasteiger partial charge in [-0.3, -0.25) is 0 Å². The summed E-state index contributed by atoms with van der Waals surface area (Å²) in [6, 6.07) is 28.6. The minimum atomic E-state index is -1.37. The Kier molecular flexibility index (Phi) is 6.27. The van der Waals surface area contributed by atoms with E-state index in [0.29, 0.717) is 0 Å². The fraction of sp³-hybridized carbons (Fsp3) is 0.240. The molecule has 0 bridgehead atoms. The number of hydrogen-bond acceptors (Lipinski definition) is 2. The van der Waals surface area contributed by atoms with Gasteiger partial charge in [-0.2, -0.15) is 0 Å². The first-order valence-electron chi connectivity index (χ1n) is 9.59. The molecule has 3 aromatic rings. The molecule has 0 saturated heterocycles. The monoisotopic (exact) mass is 374 g/mol. The molecule has 0 radical (unpaired) electrons. The molecule has 0 aliphatic heterocycles. The molecule has 2 N–H and O–H groups in total. The molecule has 0 aromatic heterocycles. The molecule has 0 fully saturated rings. The highest BCUT2D eigenvalue weighted by molar-refractivity contribution is 5.72. The third kappa shape index (κ3) is 4.87. The molecule has 28 heavy (non-hydrogen) atoms. The van der Waals surface area contributed by atoms with E-state index in [2.05, 4.69) is 36.4 Å². The molecule has 2 unspecified atom stereocenters. The van der Waals surface area contributed by atoms with Crippen molar-refractivity contribution in [2.45, 2.75) is 37.7 Å². The van der Waals surface area contributed by atoms with E-state index < -0.39 is 17.5 Å². The maximum Gasteiger partial charge on any atom is 0.332 e. The molecule has 0 aliphatic rings. The van der Waals surface area contributed by atoms with Crippen molar-refractivity contribution in [1.82, 2.24) is 0 Å². The minimum Gasteiger partial charge on any atom is -0.479 e. The van der Waals surface area contributed by atoms with Gasteiger partial charge in [-0.25, -0.2) is 4.79 Å². The summed E-state index contributed by atoms with van der Waals surface area (Å²) in [5.41, 5.74) is 4.20. The highest BCUT2D eigenvalue weighted by Gasteiger charge is 2.31. The molecule has 144 valence electrons. The number of aliphatic hydroxyl groups excluding tert-OH is 1. The fourth-order valence-corrected chi connectivity index (χ4v) is 3.63. The topological polar surface area (TPSA) is 57.5 Å². The highest BCUT2D eigenvalue weighted by atomic mass is 16.4. The third-order valence-corrected chi connectivity index (χ3v) is 5.43. The number of aryl methyl sites for hydroxylation is 1. The Hall–Kier alpha value is -2.91. The van der Waals surface area contributed by atoms with Crippen molar-refractivity contribution < 1.29 is 15.0 Å². The summed E-state index contributed by atoms with van der Waals surface area (Å²) in [4.78, 5) is 11.2. The van der Waals surface area contributed by atoms with E-state index in [-0.39, 0.29) is 6.42 Å². The Morgan fingerprint density at radius 2 is 1.39 bits per heavy atom. The maximum atomic E-state index is 11.2. The van der Waals surface area contributed by atoms with Crippen molar-refractivity contribution in [1.29, 1.82) is 0 Å². The van der Waals surface area contributed by atoms with Crippen molar-refractivity contribution in [2.24, 2.45) is 0 Å². The van der Waals surface area contributed by atoms with Gasteiger partial charge in [0.2, 0.25) is 0 Å². The lowest BCUT2D eigenvalue weighted by molar-refractivity contribution is -0.147. The molecule has 3 aromatic carbocycles. The highest BCUT2D eigenvalue weighted by Crippen LogP contribution is 2.34. The zero-order valence-electron chi connectivity index (χ0n) is 16.1. The van der Waals surface area contributed by atoms with Crippen LogP contribution in [0.1, 0.15) is 30.9 Å². The lowest BCUT2D eigenvalue weighted by Crippen LogP contribution is -2.32. The summed E-state index contributed by atoms with van der Waals surface area (Å²) < 4.78 is 0. The number of carboxylic acid groups (broad SMARTS) is 1. The van der Waals surface area contributed by atoms with Gasteiger partial charge in [-0.05, 0) is 46.9 Å². The van der Waals surface area contributed by atoms with E-state index in [1.54, 1.807) is 0 Å². The SMILES string of the molecule is CC(CCc1ccc(-c2ccccc2)cc1)(CC(O)C(=O)O)c1ccccc1. The normalized spacial score (nSPS) is 14.2. The fourth-order valence-electron chi connectivity index (χ4n) is 3.63. The zero-order chi connectivity index (χ0) is 20.0. The Morgan fingerprint density at radius 1 is 0.857 bits per heavy atom. The van der Waals surface area contributed by atoms with Crippen LogP contribution in [0, 0.1) is 0 Å². The van der Waals surface area contributed by atoms with Gasteiger partial charge in [0, 0.05) is 0 Å². The van der Waals surface area contributed by atoms with Gasteiger partial charge in [-0.15, -0.1) is 0 Å². The first kappa shape index (κ1) is 19.8. The van der Waals surface area contributed by atoms with Gasteiger partial charge in [0.25, 0.3) is 0 Å². The lowest BCUT2D eigenvalue weighted by atomic mass is 9.73. The summed E-state index contributed by atoms with van der Waals surface area (Å²) in [7, 11) is 0. The second-order valence-corrected chi connectivity index (χ2v) is 7.55. The first-order chi connectivity index (χ1) is 13.5. The standard InChI is InChI=1S/C25H26O3/c1-25(18-23(26)24(27)28,22-10-6-3-7-11-22)17-16-19-12-14-21(15-13-19)20-8-4-2-5-9-20/h2-15,23,26H,16-18H2,1H3,(H,27,28).